The molecule has 0 heterocycles. The Hall–Kier alpha value is -1.84. The maximum absolute atomic E-state index is 11.2. The summed E-state index contributed by atoms with van der Waals surface area (Å²) >= 11 is 0. The summed E-state index contributed by atoms with van der Waals surface area (Å²) in [6.07, 6.45) is 0. The molecule has 0 aliphatic carbocycles. The smallest absolute Gasteiger partial charge is 0.318 e. The van der Waals surface area contributed by atoms with Crippen molar-refractivity contribution < 1.29 is 9.59 Å². The average Bonchev–Trinajstić information content (AvgIpc) is 2.22. The summed E-state index contributed by atoms with van der Waals surface area (Å²) in [4.78, 5) is 22.5. The van der Waals surface area contributed by atoms with Gasteiger partial charge in [0, 0.05) is 18.3 Å². The number of urea groups is 1. The molecule has 0 spiro atoms. The molecule has 1 rings (SSSR count). The topological polar surface area (TPSA) is 58.2 Å². The average molecular weight is 220 g/mol. The molecule has 86 valence electrons. The lowest BCUT2D eigenvalue weighted by atomic mass is 10.0. The van der Waals surface area contributed by atoms with E-state index in [0.29, 0.717) is 5.56 Å². The van der Waals surface area contributed by atoms with Gasteiger partial charge in [0.1, 0.15) is 0 Å². The van der Waals surface area contributed by atoms with Crippen LogP contribution in [0.3, 0.4) is 0 Å². The third kappa shape index (κ3) is 2.59. The highest BCUT2D eigenvalue weighted by molar-refractivity contribution is 5.96. The molecule has 0 bridgehead atoms. The van der Waals surface area contributed by atoms with E-state index in [4.69, 9.17) is 0 Å². The first kappa shape index (κ1) is 12.2. The molecule has 2 N–H and O–H groups in total. The van der Waals surface area contributed by atoms with E-state index >= 15 is 0 Å². The van der Waals surface area contributed by atoms with Gasteiger partial charge in [-0.3, -0.25) is 4.79 Å². The molecule has 0 fully saturated rings. The van der Waals surface area contributed by atoms with Crippen LogP contribution in [0, 0.1) is 13.8 Å². The second-order valence-electron chi connectivity index (χ2n) is 3.75. The molecule has 0 saturated carbocycles. The molecular formula is C12H16N2O2. The number of ketones is 1. The lowest BCUT2D eigenvalue weighted by Gasteiger charge is -2.12. The van der Waals surface area contributed by atoms with E-state index in [1.807, 2.05) is 13.8 Å². The van der Waals surface area contributed by atoms with Crippen LogP contribution in [0.1, 0.15) is 28.4 Å². The van der Waals surface area contributed by atoms with Crippen molar-refractivity contribution in [2.24, 2.45) is 0 Å². The fraction of sp³-hybridized carbons (Fsp3) is 0.333. The lowest BCUT2D eigenvalue weighted by Crippen LogP contribution is -2.25. The highest BCUT2D eigenvalue weighted by Gasteiger charge is 2.09. The first-order valence-electron chi connectivity index (χ1n) is 5.06. The number of rotatable bonds is 2. The van der Waals surface area contributed by atoms with Gasteiger partial charge in [-0.2, -0.15) is 0 Å². The molecule has 0 unspecified atom stereocenters. The molecule has 16 heavy (non-hydrogen) atoms. The molecular weight excluding hydrogens is 204 g/mol. The second-order valence-corrected chi connectivity index (χ2v) is 3.75. The highest BCUT2D eigenvalue weighted by Crippen LogP contribution is 2.22. The van der Waals surface area contributed by atoms with Gasteiger partial charge >= 0.3 is 6.03 Å². The van der Waals surface area contributed by atoms with Crippen LogP contribution in [0.25, 0.3) is 0 Å². The van der Waals surface area contributed by atoms with E-state index < -0.39 is 0 Å². The van der Waals surface area contributed by atoms with Crippen molar-refractivity contribution in [3.8, 4) is 0 Å². The van der Waals surface area contributed by atoms with Gasteiger partial charge in [0.25, 0.3) is 0 Å². The predicted octanol–water partition coefficient (Wildman–Crippen LogP) is 2.26. The number of nitrogens with one attached hydrogen (secondary N) is 2. The summed E-state index contributed by atoms with van der Waals surface area (Å²) < 4.78 is 0. The van der Waals surface area contributed by atoms with Gasteiger partial charge in [-0.25, -0.2) is 4.79 Å². The number of hydrogen-bond donors (Lipinski definition) is 2. The predicted molar refractivity (Wildman–Crippen MR) is 64.0 cm³/mol. The van der Waals surface area contributed by atoms with Gasteiger partial charge in [-0.1, -0.05) is 0 Å². The Balaban J connectivity index is 3.12. The molecule has 0 aliphatic heterocycles. The third-order valence-corrected chi connectivity index (χ3v) is 2.40. The number of benzene rings is 1. The molecule has 0 saturated heterocycles. The summed E-state index contributed by atoms with van der Waals surface area (Å²) in [6.45, 7) is 5.26. The van der Waals surface area contributed by atoms with Gasteiger partial charge in [-0.15, -0.1) is 0 Å². The Kier molecular flexibility index (Phi) is 3.66. The van der Waals surface area contributed by atoms with Crippen LogP contribution in [-0.4, -0.2) is 18.9 Å². The van der Waals surface area contributed by atoms with E-state index in [0.717, 1.165) is 16.8 Å². The number of carbonyl (C=O) groups excluding carboxylic acids is 2. The van der Waals surface area contributed by atoms with Crippen molar-refractivity contribution in [1.82, 2.24) is 5.32 Å². The maximum Gasteiger partial charge on any atom is 0.318 e. The first-order valence-corrected chi connectivity index (χ1v) is 5.06. The minimum Gasteiger partial charge on any atom is -0.341 e. The van der Waals surface area contributed by atoms with Crippen molar-refractivity contribution in [2.45, 2.75) is 20.8 Å². The summed E-state index contributed by atoms with van der Waals surface area (Å²) in [7, 11) is 1.56. The van der Waals surface area contributed by atoms with E-state index in [9.17, 15) is 9.59 Å². The number of carbonyl (C=O) groups is 2. The van der Waals surface area contributed by atoms with Crippen molar-refractivity contribution in [3.63, 3.8) is 0 Å². The van der Waals surface area contributed by atoms with E-state index in [-0.39, 0.29) is 11.8 Å². The van der Waals surface area contributed by atoms with Crippen LogP contribution in [0.2, 0.25) is 0 Å². The zero-order valence-electron chi connectivity index (χ0n) is 9.97. The maximum atomic E-state index is 11.2. The van der Waals surface area contributed by atoms with Gasteiger partial charge < -0.3 is 10.6 Å². The fourth-order valence-corrected chi connectivity index (χ4v) is 1.54. The van der Waals surface area contributed by atoms with Gasteiger partial charge in [-0.05, 0) is 44.0 Å². The Labute approximate surface area is 95.0 Å². The van der Waals surface area contributed by atoms with Crippen molar-refractivity contribution >= 4 is 17.5 Å². The number of amides is 2. The van der Waals surface area contributed by atoms with Gasteiger partial charge in [0.2, 0.25) is 0 Å². The Morgan fingerprint density at radius 2 is 1.62 bits per heavy atom. The van der Waals surface area contributed by atoms with Crippen LogP contribution in [-0.2, 0) is 0 Å². The van der Waals surface area contributed by atoms with E-state index in [1.165, 1.54) is 6.92 Å². The van der Waals surface area contributed by atoms with Crippen molar-refractivity contribution in [3.05, 3.63) is 28.8 Å². The first-order chi connectivity index (χ1) is 7.45. The monoisotopic (exact) mass is 220 g/mol. The minimum atomic E-state index is -0.262. The van der Waals surface area contributed by atoms with Crippen molar-refractivity contribution in [2.75, 3.05) is 12.4 Å². The van der Waals surface area contributed by atoms with Crippen LogP contribution in [0.5, 0.6) is 0 Å². The van der Waals surface area contributed by atoms with E-state index in [2.05, 4.69) is 10.6 Å². The summed E-state index contributed by atoms with van der Waals surface area (Å²) in [5, 5.41) is 5.22. The molecule has 4 nitrogen and oxygen atoms in total. The molecule has 1 aromatic rings. The highest BCUT2D eigenvalue weighted by atomic mass is 16.2. The molecule has 0 aromatic heterocycles. The van der Waals surface area contributed by atoms with Crippen LogP contribution >= 0.6 is 0 Å². The summed E-state index contributed by atoms with van der Waals surface area (Å²) in [5.41, 5.74) is 3.18. The number of Topliss-reactive ketones (excluding diaryl/α,β-unsaturated/α-hetero) is 1. The Bertz CT molecular complexity index is 416. The third-order valence-electron chi connectivity index (χ3n) is 2.40. The molecule has 4 heteroatoms. The fourth-order valence-electron chi connectivity index (χ4n) is 1.54. The van der Waals surface area contributed by atoms with Gasteiger partial charge in [0.05, 0.1) is 0 Å². The summed E-state index contributed by atoms with van der Waals surface area (Å²) in [6, 6.07) is 3.29. The molecule has 0 aliphatic rings. The molecule has 1 aromatic carbocycles. The molecule has 2 amide bonds. The molecule has 0 atom stereocenters. The second kappa shape index (κ2) is 4.79. The lowest BCUT2D eigenvalue weighted by molar-refractivity contribution is 0.101. The van der Waals surface area contributed by atoms with Crippen molar-refractivity contribution in [1.29, 1.82) is 0 Å². The SMILES string of the molecule is CNC(=O)Nc1c(C)cc(C(C)=O)cc1C. The van der Waals surface area contributed by atoms with E-state index in [1.54, 1.807) is 19.2 Å². The number of anilines is 1. The van der Waals surface area contributed by atoms with Crippen LogP contribution in [0.15, 0.2) is 12.1 Å². The zero-order valence-corrected chi connectivity index (χ0v) is 9.97. The quantitative estimate of drug-likeness (QED) is 0.751. The van der Waals surface area contributed by atoms with Crippen LogP contribution < -0.4 is 10.6 Å². The number of aryl methyl sites for hydroxylation is 2. The molecule has 0 radical (unpaired) electrons. The minimum absolute atomic E-state index is 0.0256. The number of hydrogen-bond acceptors (Lipinski definition) is 2. The van der Waals surface area contributed by atoms with Gasteiger partial charge in [0.15, 0.2) is 5.78 Å². The Morgan fingerprint density at radius 1 is 1.12 bits per heavy atom. The Morgan fingerprint density at radius 3 is 2.00 bits per heavy atom. The zero-order chi connectivity index (χ0) is 12.3. The largest absolute Gasteiger partial charge is 0.341 e. The standard InChI is InChI=1S/C12H16N2O2/c1-7-5-10(9(3)15)6-8(2)11(7)14-12(16)13-4/h5-6H,1-4H3,(H2,13,14,16). The normalized spacial score (nSPS) is 9.75. The van der Waals surface area contributed by atoms with Crippen LogP contribution in [0.4, 0.5) is 10.5 Å². The summed E-state index contributed by atoms with van der Waals surface area (Å²) in [5.74, 6) is 0.0256.